The molecule has 1 aromatic heterocycles. The van der Waals surface area contributed by atoms with E-state index in [1.807, 2.05) is 6.92 Å². The van der Waals surface area contributed by atoms with Crippen molar-refractivity contribution < 1.29 is 9.90 Å². The van der Waals surface area contributed by atoms with Crippen LogP contribution in [0.5, 0.6) is 0 Å². The van der Waals surface area contributed by atoms with Crippen molar-refractivity contribution in [3.63, 3.8) is 0 Å². The molecule has 2 rings (SSSR count). The Morgan fingerprint density at radius 2 is 1.95 bits per heavy atom. The van der Waals surface area contributed by atoms with E-state index in [0.29, 0.717) is 23.5 Å². The lowest BCUT2D eigenvalue weighted by molar-refractivity contribution is 0.0695. The fourth-order valence-corrected chi connectivity index (χ4v) is 2.63. The Morgan fingerprint density at radius 1 is 1.37 bits per heavy atom. The summed E-state index contributed by atoms with van der Waals surface area (Å²) in [6.45, 7) is 7.73. The van der Waals surface area contributed by atoms with E-state index in [1.165, 1.54) is 0 Å². The van der Waals surface area contributed by atoms with Gasteiger partial charge in [-0.3, -0.25) is 4.90 Å². The molecule has 0 radical (unpaired) electrons. The van der Waals surface area contributed by atoms with Crippen LogP contribution in [0.4, 0.5) is 5.82 Å². The molecule has 1 aliphatic heterocycles. The van der Waals surface area contributed by atoms with Crippen LogP contribution >= 0.6 is 0 Å². The number of carboxylic acids is 1. The lowest BCUT2D eigenvalue weighted by Crippen LogP contribution is -2.55. The smallest absolute Gasteiger partial charge is 0.339 e. The number of hydrogen-bond acceptors (Lipinski definition) is 4. The van der Waals surface area contributed by atoms with Crippen molar-refractivity contribution in [2.24, 2.45) is 0 Å². The Morgan fingerprint density at radius 3 is 2.47 bits per heavy atom. The fourth-order valence-electron chi connectivity index (χ4n) is 2.63. The van der Waals surface area contributed by atoms with Gasteiger partial charge in [-0.15, -0.1) is 0 Å². The summed E-state index contributed by atoms with van der Waals surface area (Å²) < 4.78 is 0. The first-order valence-corrected chi connectivity index (χ1v) is 6.57. The summed E-state index contributed by atoms with van der Waals surface area (Å²) in [7, 11) is 2.11. The molecule has 1 saturated heterocycles. The molecule has 0 bridgehead atoms. The highest BCUT2D eigenvalue weighted by Crippen LogP contribution is 2.25. The molecule has 1 aromatic rings. The van der Waals surface area contributed by atoms with Crippen LogP contribution in [0.3, 0.4) is 0 Å². The second-order valence-corrected chi connectivity index (χ2v) is 5.40. The number of hydrogen-bond donors (Lipinski definition) is 1. The Labute approximate surface area is 113 Å². The average Bonchev–Trinajstić information content (AvgIpc) is 2.34. The normalized spacial score (nSPS) is 24.5. The van der Waals surface area contributed by atoms with Gasteiger partial charge >= 0.3 is 5.97 Å². The highest BCUT2D eigenvalue weighted by Gasteiger charge is 2.29. The predicted octanol–water partition coefficient (Wildman–Crippen LogP) is 1.62. The molecule has 2 heterocycles. The number of aromatic nitrogens is 1. The Kier molecular flexibility index (Phi) is 3.75. The van der Waals surface area contributed by atoms with E-state index in [1.54, 1.807) is 12.3 Å². The van der Waals surface area contributed by atoms with E-state index in [0.717, 1.165) is 18.7 Å². The van der Waals surface area contributed by atoms with Crippen LogP contribution in [-0.4, -0.2) is 53.2 Å². The van der Waals surface area contributed by atoms with Crippen LogP contribution in [0.25, 0.3) is 0 Å². The van der Waals surface area contributed by atoms with Crippen LogP contribution < -0.4 is 4.90 Å². The number of carboxylic acid groups (broad SMARTS) is 1. The van der Waals surface area contributed by atoms with E-state index < -0.39 is 5.97 Å². The van der Waals surface area contributed by atoms with Crippen molar-refractivity contribution in [1.29, 1.82) is 0 Å². The minimum absolute atomic E-state index is 0.325. The summed E-state index contributed by atoms with van der Waals surface area (Å²) in [6.07, 6.45) is 1.69. The zero-order valence-electron chi connectivity index (χ0n) is 11.9. The quantitative estimate of drug-likeness (QED) is 0.878. The molecule has 2 atom stereocenters. The molecule has 104 valence electrons. The van der Waals surface area contributed by atoms with E-state index in [4.69, 9.17) is 0 Å². The largest absolute Gasteiger partial charge is 0.478 e. The highest BCUT2D eigenvalue weighted by molar-refractivity contribution is 5.95. The molecule has 0 aliphatic carbocycles. The standard InChI is InChI=1S/C14H21N3O2/c1-9-5-6-15-13(12(9)14(18)19)17-7-10(2)16(4)11(3)8-17/h5-6,10-11H,7-8H2,1-4H3,(H,18,19). The van der Waals surface area contributed by atoms with Gasteiger partial charge in [-0.05, 0) is 39.4 Å². The summed E-state index contributed by atoms with van der Waals surface area (Å²) in [5.74, 6) is -0.306. The van der Waals surface area contributed by atoms with Crippen molar-refractivity contribution in [3.8, 4) is 0 Å². The zero-order chi connectivity index (χ0) is 14.2. The molecule has 2 unspecified atom stereocenters. The Bertz CT molecular complexity index is 478. The monoisotopic (exact) mass is 263 g/mol. The molecular weight excluding hydrogens is 242 g/mol. The predicted molar refractivity (Wildman–Crippen MR) is 74.8 cm³/mol. The minimum Gasteiger partial charge on any atom is -0.478 e. The minimum atomic E-state index is -0.903. The van der Waals surface area contributed by atoms with Crippen molar-refractivity contribution in [1.82, 2.24) is 9.88 Å². The number of pyridine rings is 1. The van der Waals surface area contributed by atoms with Gasteiger partial charge < -0.3 is 10.0 Å². The van der Waals surface area contributed by atoms with Crippen LogP contribution in [-0.2, 0) is 0 Å². The fraction of sp³-hybridized carbons (Fsp3) is 0.571. The first kappa shape index (κ1) is 13.8. The summed E-state index contributed by atoms with van der Waals surface area (Å²) >= 11 is 0. The molecule has 5 nitrogen and oxygen atoms in total. The number of rotatable bonds is 2. The third-order valence-electron chi connectivity index (χ3n) is 4.01. The van der Waals surface area contributed by atoms with Crippen LogP contribution in [0.15, 0.2) is 12.3 Å². The second kappa shape index (κ2) is 5.17. The molecule has 1 aliphatic rings. The van der Waals surface area contributed by atoms with Gasteiger partial charge in [0.05, 0.1) is 0 Å². The molecule has 1 fully saturated rings. The first-order valence-electron chi connectivity index (χ1n) is 6.57. The second-order valence-electron chi connectivity index (χ2n) is 5.40. The van der Waals surface area contributed by atoms with Gasteiger partial charge in [-0.1, -0.05) is 0 Å². The van der Waals surface area contributed by atoms with Crippen LogP contribution in [0.1, 0.15) is 29.8 Å². The van der Waals surface area contributed by atoms with Gasteiger partial charge in [0.25, 0.3) is 0 Å². The van der Waals surface area contributed by atoms with Gasteiger partial charge in [0.15, 0.2) is 0 Å². The molecule has 0 amide bonds. The van der Waals surface area contributed by atoms with Crippen molar-refractivity contribution in [2.75, 3.05) is 25.0 Å². The number of carbonyl (C=O) groups is 1. The molecule has 5 heteroatoms. The van der Waals surface area contributed by atoms with Gasteiger partial charge in [-0.2, -0.15) is 0 Å². The van der Waals surface area contributed by atoms with Gasteiger partial charge in [0, 0.05) is 31.4 Å². The van der Waals surface area contributed by atoms with Crippen molar-refractivity contribution in [2.45, 2.75) is 32.9 Å². The third-order valence-corrected chi connectivity index (χ3v) is 4.01. The number of anilines is 1. The first-order chi connectivity index (χ1) is 8.91. The number of aryl methyl sites for hydroxylation is 1. The van der Waals surface area contributed by atoms with Gasteiger partial charge in [0.1, 0.15) is 11.4 Å². The number of piperazine rings is 1. The van der Waals surface area contributed by atoms with Gasteiger partial charge in [-0.25, -0.2) is 9.78 Å². The van der Waals surface area contributed by atoms with E-state index in [2.05, 4.69) is 35.7 Å². The zero-order valence-corrected chi connectivity index (χ0v) is 11.9. The highest BCUT2D eigenvalue weighted by atomic mass is 16.4. The Balaban J connectivity index is 2.37. The maximum Gasteiger partial charge on any atom is 0.339 e. The van der Waals surface area contributed by atoms with Crippen LogP contribution in [0.2, 0.25) is 0 Å². The van der Waals surface area contributed by atoms with Crippen LogP contribution in [0, 0.1) is 6.92 Å². The molecule has 0 saturated carbocycles. The third kappa shape index (κ3) is 2.56. The van der Waals surface area contributed by atoms with E-state index in [9.17, 15) is 9.90 Å². The lowest BCUT2D eigenvalue weighted by atomic mass is 10.1. The topological polar surface area (TPSA) is 56.7 Å². The SMILES string of the molecule is Cc1ccnc(N2CC(C)N(C)C(C)C2)c1C(=O)O. The summed E-state index contributed by atoms with van der Waals surface area (Å²) in [5, 5.41) is 9.38. The maximum absolute atomic E-state index is 11.4. The van der Waals surface area contributed by atoms with Gasteiger partial charge in [0.2, 0.25) is 0 Å². The summed E-state index contributed by atoms with van der Waals surface area (Å²) in [6, 6.07) is 2.51. The lowest BCUT2D eigenvalue weighted by Gasteiger charge is -2.43. The van der Waals surface area contributed by atoms with E-state index in [-0.39, 0.29) is 0 Å². The molecular formula is C14H21N3O2. The van der Waals surface area contributed by atoms with Crippen molar-refractivity contribution in [3.05, 3.63) is 23.4 Å². The Hall–Kier alpha value is -1.62. The average molecular weight is 263 g/mol. The molecule has 0 aromatic carbocycles. The van der Waals surface area contributed by atoms with Crippen molar-refractivity contribution >= 4 is 11.8 Å². The van der Waals surface area contributed by atoms with E-state index >= 15 is 0 Å². The number of nitrogens with zero attached hydrogens (tertiary/aromatic N) is 3. The maximum atomic E-state index is 11.4. The molecule has 0 spiro atoms. The number of likely N-dealkylation sites (N-methyl/N-ethyl adjacent to an activating group) is 1. The molecule has 1 N–H and O–H groups in total. The molecule has 19 heavy (non-hydrogen) atoms. The summed E-state index contributed by atoms with van der Waals surface area (Å²) in [5.41, 5.74) is 1.09. The number of aromatic carboxylic acids is 1. The summed E-state index contributed by atoms with van der Waals surface area (Å²) in [4.78, 5) is 20.1.